The average molecular weight is 319 g/mol. The van der Waals surface area contributed by atoms with Crippen molar-refractivity contribution < 1.29 is 13.2 Å². The van der Waals surface area contributed by atoms with E-state index in [-0.39, 0.29) is 17.3 Å². The second-order valence-electron chi connectivity index (χ2n) is 4.59. The molecule has 0 aliphatic rings. The largest absolute Gasteiger partial charge is 0.486 e. The Morgan fingerprint density at radius 1 is 1.14 bits per heavy atom. The predicted octanol–water partition coefficient (Wildman–Crippen LogP) is 1.83. The van der Waals surface area contributed by atoms with Crippen LogP contribution in [0.25, 0.3) is 0 Å². The Labute approximate surface area is 129 Å². The first-order valence-electron chi connectivity index (χ1n) is 6.51. The second-order valence-corrected chi connectivity index (χ2v) is 6.56. The van der Waals surface area contributed by atoms with Gasteiger partial charge in [0.15, 0.2) is 0 Å². The fourth-order valence-corrected chi connectivity index (χ4v) is 3.00. The van der Waals surface area contributed by atoms with Crippen molar-refractivity contribution >= 4 is 21.5 Å². The fourth-order valence-electron chi connectivity index (χ4n) is 1.80. The van der Waals surface area contributed by atoms with Crippen molar-refractivity contribution in [3.63, 3.8) is 0 Å². The molecule has 0 amide bonds. The molecule has 3 N–H and O–H groups in total. The molecular formula is C15H17N3O3S. The van der Waals surface area contributed by atoms with Crippen molar-refractivity contribution in [1.29, 1.82) is 5.41 Å². The number of nitrogens with two attached hydrogens (primary N) is 1. The van der Waals surface area contributed by atoms with E-state index in [9.17, 15) is 8.42 Å². The third-order valence-corrected chi connectivity index (χ3v) is 4.80. The number of nitrogens with zero attached hydrogens (tertiary/aromatic N) is 1. The normalized spacial score (nSPS) is 11.0. The lowest BCUT2D eigenvalue weighted by molar-refractivity contribution is 0.374. The maximum Gasteiger partial charge on any atom is 0.264 e. The SMILES string of the molecule is CN(c1ccccc1)S(=O)(=O)c1ccc(OCC(=N)N)cc1. The number of sulfonamides is 1. The number of hydrogen-bond acceptors (Lipinski definition) is 4. The lowest BCUT2D eigenvalue weighted by Gasteiger charge is -2.19. The van der Waals surface area contributed by atoms with Gasteiger partial charge in [0.25, 0.3) is 10.0 Å². The van der Waals surface area contributed by atoms with Crippen LogP contribution in [0.15, 0.2) is 59.5 Å². The van der Waals surface area contributed by atoms with Gasteiger partial charge >= 0.3 is 0 Å². The van der Waals surface area contributed by atoms with E-state index in [0.717, 1.165) is 0 Å². The number of hydrogen-bond donors (Lipinski definition) is 2. The first-order valence-corrected chi connectivity index (χ1v) is 7.95. The highest BCUT2D eigenvalue weighted by Crippen LogP contribution is 2.23. The van der Waals surface area contributed by atoms with Crippen molar-refractivity contribution in [2.75, 3.05) is 18.0 Å². The van der Waals surface area contributed by atoms with Gasteiger partial charge in [0, 0.05) is 7.05 Å². The van der Waals surface area contributed by atoms with E-state index in [1.54, 1.807) is 24.3 Å². The van der Waals surface area contributed by atoms with Crippen molar-refractivity contribution in [3.8, 4) is 5.75 Å². The predicted molar refractivity (Wildman–Crippen MR) is 85.9 cm³/mol. The molecule has 0 aliphatic carbocycles. The number of anilines is 1. The Hall–Kier alpha value is -2.54. The van der Waals surface area contributed by atoms with E-state index >= 15 is 0 Å². The minimum Gasteiger partial charge on any atom is -0.486 e. The van der Waals surface area contributed by atoms with E-state index in [1.807, 2.05) is 6.07 Å². The number of amidine groups is 1. The zero-order chi connectivity index (χ0) is 16.2. The van der Waals surface area contributed by atoms with Crippen molar-refractivity contribution in [1.82, 2.24) is 0 Å². The van der Waals surface area contributed by atoms with Gasteiger partial charge in [0.05, 0.1) is 10.6 Å². The van der Waals surface area contributed by atoms with E-state index in [4.69, 9.17) is 15.9 Å². The highest BCUT2D eigenvalue weighted by Gasteiger charge is 2.20. The number of benzene rings is 2. The third kappa shape index (κ3) is 3.56. The number of nitrogens with one attached hydrogen (secondary N) is 1. The zero-order valence-corrected chi connectivity index (χ0v) is 12.9. The van der Waals surface area contributed by atoms with Crippen LogP contribution in [0.5, 0.6) is 5.75 Å². The Balaban J connectivity index is 2.21. The fraction of sp³-hybridized carbons (Fsp3) is 0.133. The maximum atomic E-state index is 12.5. The molecule has 0 spiro atoms. The number of ether oxygens (including phenoxy) is 1. The highest BCUT2D eigenvalue weighted by molar-refractivity contribution is 7.92. The van der Waals surface area contributed by atoms with E-state index in [0.29, 0.717) is 11.4 Å². The highest BCUT2D eigenvalue weighted by atomic mass is 32.2. The van der Waals surface area contributed by atoms with Crippen LogP contribution in [0.2, 0.25) is 0 Å². The molecule has 0 aliphatic heterocycles. The molecule has 0 saturated carbocycles. The summed E-state index contributed by atoms with van der Waals surface area (Å²) < 4.78 is 31.5. The van der Waals surface area contributed by atoms with Crippen LogP contribution >= 0.6 is 0 Å². The summed E-state index contributed by atoms with van der Waals surface area (Å²) in [5.74, 6) is 0.358. The topological polar surface area (TPSA) is 96.5 Å². The van der Waals surface area contributed by atoms with Gasteiger partial charge in [-0.25, -0.2) is 8.42 Å². The summed E-state index contributed by atoms with van der Waals surface area (Å²) in [7, 11) is -2.12. The van der Waals surface area contributed by atoms with E-state index in [1.165, 1.54) is 35.6 Å². The Kier molecular flexibility index (Phi) is 4.67. The van der Waals surface area contributed by atoms with Gasteiger partial charge in [0.2, 0.25) is 0 Å². The van der Waals surface area contributed by atoms with Crippen LogP contribution < -0.4 is 14.8 Å². The summed E-state index contributed by atoms with van der Waals surface area (Å²) in [6.45, 7) is -0.0317. The van der Waals surface area contributed by atoms with Gasteiger partial charge in [0.1, 0.15) is 18.2 Å². The zero-order valence-electron chi connectivity index (χ0n) is 12.1. The second kappa shape index (κ2) is 6.48. The summed E-state index contributed by atoms with van der Waals surface area (Å²) in [6.07, 6.45) is 0. The molecule has 2 rings (SSSR count). The molecule has 0 atom stereocenters. The Morgan fingerprint density at radius 2 is 1.73 bits per heavy atom. The first-order chi connectivity index (χ1) is 10.4. The molecule has 2 aromatic carbocycles. The minimum atomic E-state index is -3.63. The van der Waals surface area contributed by atoms with Crippen molar-refractivity contribution in [2.45, 2.75) is 4.90 Å². The van der Waals surface area contributed by atoms with Crippen LogP contribution in [0.3, 0.4) is 0 Å². The van der Waals surface area contributed by atoms with Crippen LogP contribution in [-0.4, -0.2) is 27.9 Å². The van der Waals surface area contributed by atoms with Crippen LogP contribution in [0.4, 0.5) is 5.69 Å². The molecule has 22 heavy (non-hydrogen) atoms. The van der Waals surface area contributed by atoms with Gasteiger partial charge in [-0.3, -0.25) is 9.71 Å². The number of rotatable bonds is 6. The van der Waals surface area contributed by atoms with Crippen LogP contribution in [0.1, 0.15) is 0 Å². The lowest BCUT2D eigenvalue weighted by Crippen LogP contribution is -2.26. The Morgan fingerprint density at radius 3 is 2.27 bits per heavy atom. The molecule has 0 radical (unpaired) electrons. The first kappa shape index (κ1) is 15.8. The molecule has 0 saturated heterocycles. The van der Waals surface area contributed by atoms with Gasteiger partial charge < -0.3 is 10.5 Å². The van der Waals surface area contributed by atoms with Crippen LogP contribution in [-0.2, 0) is 10.0 Å². The molecule has 0 aromatic heterocycles. The summed E-state index contributed by atoms with van der Waals surface area (Å²) in [4.78, 5) is 0.161. The maximum absolute atomic E-state index is 12.5. The van der Waals surface area contributed by atoms with Crippen molar-refractivity contribution in [2.24, 2.45) is 5.73 Å². The standard InChI is InChI=1S/C15H17N3O3S/c1-18(12-5-3-2-4-6-12)22(19,20)14-9-7-13(8-10-14)21-11-15(16)17/h2-10H,11H2,1H3,(H3,16,17). The summed E-state index contributed by atoms with van der Waals surface area (Å²) in [5, 5.41) is 7.09. The summed E-state index contributed by atoms with van der Waals surface area (Å²) in [6, 6.07) is 14.8. The van der Waals surface area contributed by atoms with E-state index in [2.05, 4.69) is 0 Å². The monoisotopic (exact) mass is 319 g/mol. The molecule has 0 fully saturated rings. The third-order valence-electron chi connectivity index (χ3n) is 3.00. The van der Waals surface area contributed by atoms with Gasteiger partial charge in [-0.05, 0) is 36.4 Å². The molecule has 7 heteroatoms. The van der Waals surface area contributed by atoms with Gasteiger partial charge in [-0.2, -0.15) is 0 Å². The van der Waals surface area contributed by atoms with Crippen molar-refractivity contribution in [3.05, 3.63) is 54.6 Å². The Bertz CT molecular complexity index is 743. The van der Waals surface area contributed by atoms with Crippen LogP contribution in [0, 0.1) is 5.41 Å². The number of para-hydroxylation sites is 1. The molecule has 0 unspecified atom stereocenters. The minimum absolute atomic E-state index is 0.0317. The van der Waals surface area contributed by atoms with E-state index < -0.39 is 10.0 Å². The smallest absolute Gasteiger partial charge is 0.264 e. The molecule has 0 heterocycles. The average Bonchev–Trinajstić information content (AvgIpc) is 2.53. The summed E-state index contributed by atoms with van der Waals surface area (Å²) in [5.41, 5.74) is 5.78. The van der Waals surface area contributed by atoms with Gasteiger partial charge in [-0.15, -0.1) is 0 Å². The molecule has 6 nitrogen and oxygen atoms in total. The molecule has 0 bridgehead atoms. The molecule has 116 valence electrons. The summed E-state index contributed by atoms with van der Waals surface area (Å²) >= 11 is 0. The molecule has 2 aromatic rings. The van der Waals surface area contributed by atoms with Gasteiger partial charge in [-0.1, -0.05) is 18.2 Å². The molecular weight excluding hydrogens is 302 g/mol. The quantitative estimate of drug-likeness (QED) is 0.627. The lowest BCUT2D eigenvalue weighted by atomic mass is 10.3.